The van der Waals surface area contributed by atoms with E-state index in [2.05, 4.69) is 4.99 Å². The van der Waals surface area contributed by atoms with E-state index in [1.54, 1.807) is 11.8 Å². The Hall–Kier alpha value is -1.81. The third-order valence-electron chi connectivity index (χ3n) is 4.85. The largest absolute Gasteiger partial charge is 0.493 e. The average Bonchev–Trinajstić information content (AvgIpc) is 3.16. The Morgan fingerprint density at radius 3 is 2.42 bits per heavy atom. The standard InChI is InChI=1S/C16H22N2O6S2/c1-11-17-6-7-18(11)13-9-25(19,20)10-16(13)26(21,22)12-4-5-14(23-2)15(8-12)24-3/h4-5,8,13,16H,6-7,9-10H2,1-3H3/t13-,16-/m0/s1. The molecular weight excluding hydrogens is 380 g/mol. The Kier molecular flexibility index (Phi) is 4.91. The van der Waals surface area contributed by atoms with Gasteiger partial charge in [-0.2, -0.15) is 0 Å². The van der Waals surface area contributed by atoms with E-state index in [0.717, 1.165) is 0 Å². The summed E-state index contributed by atoms with van der Waals surface area (Å²) in [4.78, 5) is 6.09. The SMILES string of the molecule is COc1ccc(S(=O)(=O)[C@H]2CS(=O)(=O)C[C@@H]2N2CCN=C2C)cc1OC. The molecule has 1 aromatic carbocycles. The molecule has 0 aromatic heterocycles. The van der Waals surface area contributed by atoms with Gasteiger partial charge in [0.25, 0.3) is 0 Å². The number of methoxy groups -OCH3 is 2. The first-order valence-electron chi connectivity index (χ1n) is 8.13. The molecule has 0 amide bonds. The Morgan fingerprint density at radius 2 is 1.85 bits per heavy atom. The molecule has 8 nitrogen and oxygen atoms in total. The molecule has 10 heteroatoms. The Balaban J connectivity index is 2.03. The fourth-order valence-corrected chi connectivity index (χ4v) is 8.32. The highest BCUT2D eigenvalue weighted by Crippen LogP contribution is 2.34. The number of hydrogen-bond donors (Lipinski definition) is 0. The minimum atomic E-state index is -3.89. The molecule has 0 N–H and O–H groups in total. The summed E-state index contributed by atoms with van der Waals surface area (Å²) < 4.78 is 61.3. The van der Waals surface area contributed by atoms with Gasteiger partial charge in [-0.25, -0.2) is 16.8 Å². The van der Waals surface area contributed by atoms with Crippen molar-refractivity contribution in [3.05, 3.63) is 18.2 Å². The zero-order chi connectivity index (χ0) is 19.1. The van der Waals surface area contributed by atoms with Crippen molar-refractivity contribution in [3.8, 4) is 11.5 Å². The molecule has 0 radical (unpaired) electrons. The molecule has 0 aliphatic carbocycles. The molecule has 144 valence electrons. The fraction of sp³-hybridized carbons (Fsp3) is 0.562. The van der Waals surface area contributed by atoms with E-state index in [1.165, 1.54) is 32.4 Å². The molecule has 0 spiro atoms. The number of benzene rings is 1. The third kappa shape index (κ3) is 3.27. The molecule has 0 bridgehead atoms. The van der Waals surface area contributed by atoms with E-state index >= 15 is 0 Å². The number of hydrogen-bond acceptors (Lipinski definition) is 8. The lowest BCUT2D eigenvalue weighted by Crippen LogP contribution is -2.47. The first kappa shape index (κ1) is 19.0. The number of ether oxygens (including phenoxy) is 2. The van der Waals surface area contributed by atoms with E-state index in [4.69, 9.17) is 9.47 Å². The quantitative estimate of drug-likeness (QED) is 0.701. The molecule has 26 heavy (non-hydrogen) atoms. The normalized spacial score (nSPS) is 25.2. The zero-order valence-corrected chi connectivity index (χ0v) is 16.5. The number of sulfone groups is 2. The summed E-state index contributed by atoms with van der Waals surface area (Å²) in [5.41, 5.74) is 0. The summed E-state index contributed by atoms with van der Waals surface area (Å²) in [7, 11) is -4.47. The van der Waals surface area contributed by atoms with Crippen molar-refractivity contribution < 1.29 is 26.3 Å². The lowest BCUT2D eigenvalue weighted by Gasteiger charge is -2.29. The lowest BCUT2D eigenvalue weighted by molar-refractivity contribution is 0.353. The van der Waals surface area contributed by atoms with Crippen LogP contribution in [0.2, 0.25) is 0 Å². The van der Waals surface area contributed by atoms with Crippen LogP contribution >= 0.6 is 0 Å². The second kappa shape index (κ2) is 6.73. The van der Waals surface area contributed by atoms with Gasteiger partial charge in [-0.1, -0.05) is 0 Å². The lowest BCUT2D eigenvalue weighted by atomic mass is 10.2. The number of nitrogens with zero attached hydrogens (tertiary/aromatic N) is 2. The maximum atomic E-state index is 13.2. The molecule has 2 atom stereocenters. The predicted octanol–water partition coefficient (Wildman–Crippen LogP) is 0.377. The Morgan fingerprint density at radius 1 is 1.15 bits per heavy atom. The summed E-state index contributed by atoms with van der Waals surface area (Å²) in [6.45, 7) is 2.85. The van der Waals surface area contributed by atoms with Crippen molar-refractivity contribution in [2.75, 3.05) is 38.8 Å². The number of aliphatic imine (C=N–C) groups is 1. The molecule has 2 heterocycles. The molecule has 1 aromatic rings. The third-order valence-corrected chi connectivity index (χ3v) is 8.97. The van der Waals surface area contributed by atoms with Gasteiger partial charge in [-0.3, -0.25) is 4.99 Å². The molecule has 2 aliphatic heterocycles. The molecule has 0 unspecified atom stereocenters. The van der Waals surface area contributed by atoms with E-state index in [0.29, 0.717) is 24.7 Å². The van der Waals surface area contributed by atoms with Crippen LogP contribution in [0.4, 0.5) is 0 Å². The topological polar surface area (TPSA) is 102 Å². The van der Waals surface area contributed by atoms with Crippen LogP contribution in [0.5, 0.6) is 11.5 Å². The maximum absolute atomic E-state index is 13.2. The van der Waals surface area contributed by atoms with E-state index in [9.17, 15) is 16.8 Å². The Labute approximate surface area is 153 Å². The first-order chi connectivity index (χ1) is 12.2. The minimum absolute atomic E-state index is 0.0241. The highest BCUT2D eigenvalue weighted by atomic mass is 32.2. The summed E-state index contributed by atoms with van der Waals surface area (Å²) in [5.74, 6) is 0.795. The van der Waals surface area contributed by atoms with E-state index in [-0.39, 0.29) is 16.4 Å². The monoisotopic (exact) mass is 402 g/mol. The first-order valence-corrected chi connectivity index (χ1v) is 11.5. The van der Waals surface area contributed by atoms with Crippen LogP contribution in [-0.2, 0) is 19.7 Å². The smallest absolute Gasteiger partial charge is 0.184 e. The van der Waals surface area contributed by atoms with Gasteiger partial charge in [-0.15, -0.1) is 0 Å². The van der Waals surface area contributed by atoms with Crippen molar-refractivity contribution in [2.45, 2.75) is 23.1 Å². The fourth-order valence-electron chi connectivity index (χ4n) is 3.53. The van der Waals surface area contributed by atoms with Gasteiger partial charge in [0.05, 0.1) is 49.0 Å². The van der Waals surface area contributed by atoms with Crippen LogP contribution in [0.15, 0.2) is 28.1 Å². The number of rotatable bonds is 5. The van der Waals surface area contributed by atoms with Crippen molar-refractivity contribution in [1.82, 2.24) is 4.90 Å². The van der Waals surface area contributed by atoms with Crippen molar-refractivity contribution in [1.29, 1.82) is 0 Å². The van der Waals surface area contributed by atoms with Crippen LogP contribution in [0.1, 0.15) is 6.92 Å². The highest BCUT2D eigenvalue weighted by Gasteiger charge is 2.49. The van der Waals surface area contributed by atoms with Gasteiger partial charge in [0.15, 0.2) is 31.2 Å². The van der Waals surface area contributed by atoms with Crippen LogP contribution < -0.4 is 9.47 Å². The van der Waals surface area contributed by atoms with Gasteiger partial charge < -0.3 is 14.4 Å². The summed E-state index contributed by atoms with van der Waals surface area (Å²) in [5, 5.41) is -1.05. The van der Waals surface area contributed by atoms with Crippen LogP contribution in [0.3, 0.4) is 0 Å². The molecular formula is C16H22N2O6S2. The van der Waals surface area contributed by atoms with Gasteiger partial charge in [0, 0.05) is 12.6 Å². The molecule has 1 fully saturated rings. The van der Waals surface area contributed by atoms with Gasteiger partial charge >= 0.3 is 0 Å². The van der Waals surface area contributed by atoms with Crippen LogP contribution in [-0.4, -0.2) is 77.7 Å². The highest BCUT2D eigenvalue weighted by molar-refractivity contribution is 7.96. The van der Waals surface area contributed by atoms with Crippen LogP contribution in [0, 0.1) is 0 Å². The van der Waals surface area contributed by atoms with E-state index < -0.39 is 36.7 Å². The molecule has 2 aliphatic rings. The van der Waals surface area contributed by atoms with Crippen molar-refractivity contribution in [2.24, 2.45) is 4.99 Å². The van der Waals surface area contributed by atoms with Crippen LogP contribution in [0.25, 0.3) is 0 Å². The summed E-state index contributed by atoms with van der Waals surface area (Å²) in [6.07, 6.45) is 0. The molecule has 1 saturated heterocycles. The second-order valence-electron chi connectivity index (χ2n) is 6.37. The molecule has 3 rings (SSSR count). The maximum Gasteiger partial charge on any atom is 0.184 e. The summed E-state index contributed by atoms with van der Waals surface area (Å²) >= 11 is 0. The van der Waals surface area contributed by atoms with Gasteiger partial charge in [0.2, 0.25) is 0 Å². The molecule has 0 saturated carbocycles. The zero-order valence-electron chi connectivity index (χ0n) is 14.9. The summed E-state index contributed by atoms with van der Waals surface area (Å²) in [6, 6.07) is 3.67. The minimum Gasteiger partial charge on any atom is -0.493 e. The van der Waals surface area contributed by atoms with E-state index in [1.807, 2.05) is 0 Å². The van der Waals surface area contributed by atoms with Gasteiger partial charge in [0.1, 0.15) is 5.25 Å². The average molecular weight is 402 g/mol. The predicted molar refractivity (Wildman–Crippen MR) is 97.6 cm³/mol. The Bertz CT molecular complexity index is 939. The number of amidine groups is 1. The second-order valence-corrected chi connectivity index (χ2v) is 10.7. The van der Waals surface area contributed by atoms with Crippen molar-refractivity contribution >= 4 is 25.5 Å². The van der Waals surface area contributed by atoms with Gasteiger partial charge in [-0.05, 0) is 19.1 Å². The van der Waals surface area contributed by atoms with Crippen molar-refractivity contribution in [3.63, 3.8) is 0 Å².